The Kier molecular flexibility index (Phi) is 7.05. The zero-order valence-corrected chi connectivity index (χ0v) is 14.5. The van der Waals surface area contributed by atoms with Crippen LogP contribution < -0.4 is 5.32 Å². The van der Waals surface area contributed by atoms with Crippen LogP contribution in [-0.4, -0.2) is 29.4 Å². The molecule has 0 aliphatic heterocycles. The molecule has 26 heavy (non-hydrogen) atoms. The van der Waals surface area contributed by atoms with E-state index in [-0.39, 0.29) is 24.9 Å². The van der Waals surface area contributed by atoms with Crippen molar-refractivity contribution >= 4 is 23.3 Å². The molecule has 136 valence electrons. The largest absolute Gasteiger partial charge is 0.454 e. The van der Waals surface area contributed by atoms with Crippen LogP contribution in [0, 0.1) is 0 Å². The second-order valence-corrected chi connectivity index (χ2v) is 5.73. The van der Waals surface area contributed by atoms with Crippen molar-refractivity contribution in [1.29, 1.82) is 0 Å². The average Bonchev–Trinajstić information content (AvgIpc) is 2.66. The van der Waals surface area contributed by atoms with E-state index in [0.717, 1.165) is 6.42 Å². The summed E-state index contributed by atoms with van der Waals surface area (Å²) < 4.78 is 5.02. The van der Waals surface area contributed by atoms with E-state index in [2.05, 4.69) is 5.32 Å². The fourth-order valence-electron chi connectivity index (χ4n) is 2.23. The van der Waals surface area contributed by atoms with E-state index in [1.54, 1.807) is 36.4 Å². The van der Waals surface area contributed by atoms with E-state index in [9.17, 15) is 14.4 Å². The number of hydrogen-bond donors (Lipinski definition) is 2. The molecule has 6 heteroatoms. The third-order valence-electron chi connectivity index (χ3n) is 3.67. The van der Waals surface area contributed by atoms with E-state index in [4.69, 9.17) is 9.84 Å². The molecule has 0 aliphatic carbocycles. The molecule has 2 aromatic rings. The van der Waals surface area contributed by atoms with Crippen LogP contribution in [-0.2, 0) is 16.1 Å². The molecule has 2 N–H and O–H groups in total. The Morgan fingerprint density at radius 3 is 2.15 bits per heavy atom. The van der Waals surface area contributed by atoms with E-state index >= 15 is 0 Å². The third-order valence-corrected chi connectivity index (χ3v) is 3.67. The van der Waals surface area contributed by atoms with Crippen LogP contribution in [0.1, 0.15) is 46.0 Å². The minimum Gasteiger partial charge on any atom is -0.454 e. The molecule has 0 aliphatic rings. The number of anilines is 1. The third kappa shape index (κ3) is 5.53. The summed E-state index contributed by atoms with van der Waals surface area (Å²) in [5, 5.41) is 11.7. The number of esters is 1. The predicted octanol–water partition coefficient (Wildman–Crippen LogP) is 2.96. The minimum absolute atomic E-state index is 0.0762. The first-order valence-electron chi connectivity index (χ1n) is 8.33. The lowest BCUT2D eigenvalue weighted by molar-refractivity contribution is -0.116. The van der Waals surface area contributed by atoms with Crippen molar-refractivity contribution in [3.63, 3.8) is 0 Å². The first-order valence-corrected chi connectivity index (χ1v) is 8.33. The van der Waals surface area contributed by atoms with Crippen LogP contribution in [0.3, 0.4) is 0 Å². The SMILES string of the molecule is CCCC(=O)Nc1ccc(C(=O)COC(=O)c2ccc(CO)cc2)cc1. The summed E-state index contributed by atoms with van der Waals surface area (Å²) >= 11 is 0. The molecular weight excluding hydrogens is 334 g/mol. The number of aliphatic hydroxyl groups is 1. The Morgan fingerprint density at radius 1 is 0.962 bits per heavy atom. The fourth-order valence-corrected chi connectivity index (χ4v) is 2.23. The van der Waals surface area contributed by atoms with Crippen molar-refractivity contribution in [3.8, 4) is 0 Å². The maximum absolute atomic E-state index is 12.1. The number of Topliss-reactive ketones (excluding diaryl/α,β-unsaturated/α-hetero) is 1. The maximum Gasteiger partial charge on any atom is 0.338 e. The summed E-state index contributed by atoms with van der Waals surface area (Å²) in [4.78, 5) is 35.6. The van der Waals surface area contributed by atoms with E-state index < -0.39 is 5.97 Å². The number of nitrogens with one attached hydrogen (secondary N) is 1. The molecule has 0 saturated heterocycles. The lowest BCUT2D eigenvalue weighted by Gasteiger charge is -2.07. The highest BCUT2D eigenvalue weighted by molar-refractivity contribution is 6.00. The zero-order chi connectivity index (χ0) is 18.9. The van der Waals surface area contributed by atoms with E-state index in [1.807, 2.05) is 6.92 Å². The molecule has 2 aromatic carbocycles. The fraction of sp³-hybridized carbons (Fsp3) is 0.250. The summed E-state index contributed by atoms with van der Waals surface area (Å²) in [7, 11) is 0. The number of rotatable bonds is 8. The number of ether oxygens (including phenoxy) is 1. The highest BCUT2D eigenvalue weighted by atomic mass is 16.5. The van der Waals surface area contributed by atoms with Crippen molar-refractivity contribution in [1.82, 2.24) is 0 Å². The minimum atomic E-state index is -0.605. The summed E-state index contributed by atoms with van der Waals surface area (Å²) in [6, 6.07) is 12.7. The van der Waals surface area contributed by atoms with Gasteiger partial charge in [0.2, 0.25) is 5.91 Å². The molecule has 0 heterocycles. The number of aliphatic hydroxyl groups excluding tert-OH is 1. The highest BCUT2D eigenvalue weighted by Crippen LogP contribution is 2.12. The molecule has 0 spiro atoms. The van der Waals surface area contributed by atoms with Crippen molar-refractivity contribution in [2.45, 2.75) is 26.4 Å². The first kappa shape index (κ1) is 19.3. The Bertz CT molecular complexity index is 766. The Labute approximate surface area is 151 Å². The van der Waals surface area contributed by atoms with E-state index in [1.165, 1.54) is 12.1 Å². The molecule has 0 unspecified atom stereocenters. The van der Waals surface area contributed by atoms with Gasteiger partial charge in [-0.15, -0.1) is 0 Å². The normalized spacial score (nSPS) is 10.2. The van der Waals surface area contributed by atoms with Crippen LogP contribution in [0.2, 0.25) is 0 Å². The zero-order valence-electron chi connectivity index (χ0n) is 14.5. The highest BCUT2D eigenvalue weighted by Gasteiger charge is 2.12. The topological polar surface area (TPSA) is 92.7 Å². The van der Waals surface area contributed by atoms with Crippen molar-refractivity contribution < 1.29 is 24.2 Å². The van der Waals surface area contributed by atoms with Gasteiger partial charge in [0, 0.05) is 17.7 Å². The van der Waals surface area contributed by atoms with Crippen LogP contribution in [0.5, 0.6) is 0 Å². The smallest absolute Gasteiger partial charge is 0.338 e. The maximum atomic E-state index is 12.1. The molecule has 0 saturated carbocycles. The quantitative estimate of drug-likeness (QED) is 0.561. The van der Waals surface area contributed by atoms with Crippen molar-refractivity contribution in [2.24, 2.45) is 0 Å². The van der Waals surface area contributed by atoms with Gasteiger partial charge in [-0.25, -0.2) is 4.79 Å². The van der Waals surface area contributed by atoms with Gasteiger partial charge >= 0.3 is 5.97 Å². The van der Waals surface area contributed by atoms with Crippen LogP contribution in [0.15, 0.2) is 48.5 Å². The lowest BCUT2D eigenvalue weighted by atomic mass is 10.1. The van der Waals surface area contributed by atoms with Gasteiger partial charge in [-0.2, -0.15) is 0 Å². The van der Waals surface area contributed by atoms with Gasteiger partial charge in [-0.1, -0.05) is 19.1 Å². The Hall–Kier alpha value is -2.99. The summed E-state index contributed by atoms with van der Waals surface area (Å²) in [5.74, 6) is -1.02. The molecule has 0 aromatic heterocycles. The Morgan fingerprint density at radius 2 is 1.58 bits per heavy atom. The molecule has 1 amide bonds. The summed E-state index contributed by atoms with van der Waals surface area (Å²) in [6.07, 6.45) is 1.20. The molecular formula is C20H21NO5. The predicted molar refractivity (Wildman–Crippen MR) is 97.0 cm³/mol. The molecule has 0 fully saturated rings. The molecule has 6 nitrogen and oxygen atoms in total. The molecule has 2 rings (SSSR count). The van der Waals surface area contributed by atoms with Crippen molar-refractivity contribution in [2.75, 3.05) is 11.9 Å². The number of ketones is 1. The monoisotopic (exact) mass is 355 g/mol. The second kappa shape index (κ2) is 9.48. The van der Waals surface area contributed by atoms with Crippen LogP contribution in [0.4, 0.5) is 5.69 Å². The van der Waals surface area contributed by atoms with Gasteiger partial charge in [0.15, 0.2) is 12.4 Å². The molecule has 0 bridgehead atoms. The lowest BCUT2D eigenvalue weighted by Crippen LogP contribution is -2.14. The summed E-state index contributed by atoms with van der Waals surface area (Å²) in [6.45, 7) is 1.44. The molecule has 0 radical (unpaired) electrons. The number of amides is 1. The Balaban J connectivity index is 1.88. The van der Waals surface area contributed by atoms with Crippen molar-refractivity contribution in [3.05, 3.63) is 65.2 Å². The van der Waals surface area contributed by atoms with Gasteiger partial charge in [0.05, 0.1) is 12.2 Å². The van der Waals surface area contributed by atoms with Gasteiger partial charge in [-0.05, 0) is 48.4 Å². The van der Waals surface area contributed by atoms with Gasteiger partial charge in [-0.3, -0.25) is 9.59 Å². The molecule has 0 atom stereocenters. The van der Waals surface area contributed by atoms with Gasteiger partial charge in [0.1, 0.15) is 0 Å². The summed E-state index contributed by atoms with van der Waals surface area (Å²) in [5.41, 5.74) is 2.00. The number of carbonyl (C=O) groups is 3. The average molecular weight is 355 g/mol. The van der Waals surface area contributed by atoms with Crippen LogP contribution in [0.25, 0.3) is 0 Å². The van der Waals surface area contributed by atoms with Crippen LogP contribution >= 0.6 is 0 Å². The van der Waals surface area contributed by atoms with E-state index in [0.29, 0.717) is 28.8 Å². The first-order chi connectivity index (χ1) is 12.5. The number of hydrogen-bond acceptors (Lipinski definition) is 5. The standard InChI is InChI=1S/C20H21NO5/c1-2-3-19(24)21-17-10-8-15(9-11-17)18(23)13-26-20(25)16-6-4-14(12-22)5-7-16/h4-11,22H,2-3,12-13H2,1H3,(H,21,24). The number of benzene rings is 2. The van der Waals surface area contributed by atoms with Gasteiger partial charge < -0.3 is 15.2 Å². The van der Waals surface area contributed by atoms with Gasteiger partial charge in [0.25, 0.3) is 0 Å². The number of carbonyl (C=O) groups excluding carboxylic acids is 3. The second-order valence-electron chi connectivity index (χ2n) is 5.73.